The summed E-state index contributed by atoms with van der Waals surface area (Å²) in [4.78, 5) is 12.9. The van der Waals surface area contributed by atoms with E-state index in [1.54, 1.807) is 0 Å². The Morgan fingerprint density at radius 1 is 1.42 bits per heavy atom. The predicted octanol–water partition coefficient (Wildman–Crippen LogP) is 2.99. The van der Waals surface area contributed by atoms with Gasteiger partial charge < -0.3 is 10.1 Å². The highest BCUT2D eigenvalue weighted by atomic mass is 16.5. The number of carbonyl (C=O) groups excluding carboxylic acids is 1. The van der Waals surface area contributed by atoms with E-state index >= 15 is 0 Å². The zero-order valence-electron chi connectivity index (χ0n) is 15.7. The van der Waals surface area contributed by atoms with E-state index in [0.717, 1.165) is 30.0 Å². The van der Waals surface area contributed by atoms with Crippen LogP contribution in [0.15, 0.2) is 0 Å². The molecule has 1 heterocycles. The lowest BCUT2D eigenvalue weighted by Gasteiger charge is -2.54. The second kappa shape index (κ2) is 6.51. The Bertz CT molecular complexity index is 616. The van der Waals surface area contributed by atoms with Crippen molar-refractivity contribution < 1.29 is 9.53 Å². The number of amides is 1. The third kappa shape index (κ3) is 2.67. The zero-order chi connectivity index (χ0) is 17.5. The Morgan fingerprint density at radius 3 is 2.62 bits per heavy atom. The Kier molecular flexibility index (Phi) is 4.73. The van der Waals surface area contributed by atoms with Crippen LogP contribution in [0.2, 0.25) is 0 Å². The predicted molar refractivity (Wildman–Crippen MR) is 94.0 cm³/mol. The molecule has 0 unspecified atom stereocenters. The molecule has 1 aromatic heterocycles. The first-order valence-electron chi connectivity index (χ1n) is 9.32. The minimum Gasteiger partial charge on any atom is -0.378 e. The van der Waals surface area contributed by atoms with Crippen molar-refractivity contribution in [2.45, 2.75) is 77.9 Å². The molecule has 0 bridgehead atoms. The fourth-order valence-electron chi connectivity index (χ4n) is 4.93. The van der Waals surface area contributed by atoms with Crippen molar-refractivity contribution in [3.8, 4) is 0 Å². The van der Waals surface area contributed by atoms with Crippen LogP contribution < -0.4 is 5.32 Å². The molecule has 24 heavy (non-hydrogen) atoms. The molecule has 0 aromatic carbocycles. The lowest BCUT2D eigenvalue weighted by Crippen LogP contribution is -2.64. The molecule has 3 rings (SSSR count). The second-order valence-corrected chi connectivity index (χ2v) is 7.61. The number of aromatic nitrogens is 2. The second-order valence-electron chi connectivity index (χ2n) is 7.61. The Balaban J connectivity index is 1.71. The maximum atomic E-state index is 12.9. The maximum absolute atomic E-state index is 12.9. The Hall–Kier alpha value is -1.36. The molecule has 5 heteroatoms. The van der Waals surface area contributed by atoms with Crippen LogP contribution >= 0.6 is 0 Å². The van der Waals surface area contributed by atoms with Crippen LogP contribution in [0.4, 0.5) is 0 Å². The van der Waals surface area contributed by atoms with Gasteiger partial charge in [-0.2, -0.15) is 5.10 Å². The van der Waals surface area contributed by atoms with Crippen molar-refractivity contribution in [2.24, 2.45) is 12.5 Å². The van der Waals surface area contributed by atoms with Crippen molar-refractivity contribution in [1.29, 1.82) is 0 Å². The number of nitrogens with one attached hydrogen (secondary N) is 1. The minimum absolute atomic E-state index is 0.125. The first kappa shape index (κ1) is 17.5. The number of ether oxygens (including phenoxy) is 1. The summed E-state index contributed by atoms with van der Waals surface area (Å²) in [6.45, 7) is 8.83. The molecule has 1 amide bonds. The molecule has 3 atom stereocenters. The third-order valence-corrected chi connectivity index (χ3v) is 6.40. The molecular weight excluding hydrogens is 302 g/mol. The molecule has 2 saturated carbocycles. The average molecular weight is 333 g/mol. The molecule has 2 aliphatic rings. The smallest absolute Gasteiger partial charge is 0.227 e. The number of hydrogen-bond donors (Lipinski definition) is 1. The van der Waals surface area contributed by atoms with E-state index in [4.69, 9.17) is 4.74 Å². The molecule has 1 spiro atoms. The highest BCUT2D eigenvalue weighted by Crippen LogP contribution is 2.54. The highest BCUT2D eigenvalue weighted by molar-refractivity contribution is 5.84. The van der Waals surface area contributed by atoms with E-state index in [-0.39, 0.29) is 23.3 Å². The molecule has 0 radical (unpaired) electrons. The molecule has 2 aliphatic carbocycles. The van der Waals surface area contributed by atoms with Gasteiger partial charge in [0.25, 0.3) is 0 Å². The van der Waals surface area contributed by atoms with Gasteiger partial charge in [-0.1, -0.05) is 12.8 Å². The fraction of sp³-hybridized carbons (Fsp3) is 0.789. The summed E-state index contributed by atoms with van der Waals surface area (Å²) in [6.07, 6.45) is 6.16. The molecular formula is C19H31N3O2. The quantitative estimate of drug-likeness (QED) is 0.901. The van der Waals surface area contributed by atoms with Crippen LogP contribution in [0, 0.1) is 19.3 Å². The fourth-order valence-corrected chi connectivity index (χ4v) is 4.93. The van der Waals surface area contributed by atoms with E-state index in [0.29, 0.717) is 6.10 Å². The Morgan fingerprint density at radius 2 is 2.08 bits per heavy atom. The summed E-state index contributed by atoms with van der Waals surface area (Å²) in [5.41, 5.74) is 3.28. The van der Waals surface area contributed by atoms with Gasteiger partial charge in [0.2, 0.25) is 5.91 Å². The van der Waals surface area contributed by atoms with E-state index in [1.807, 2.05) is 32.5 Å². The first-order valence-corrected chi connectivity index (χ1v) is 9.32. The van der Waals surface area contributed by atoms with Crippen molar-refractivity contribution >= 4 is 5.91 Å². The van der Waals surface area contributed by atoms with Crippen LogP contribution in [0.1, 0.15) is 68.8 Å². The van der Waals surface area contributed by atoms with Crippen molar-refractivity contribution in [1.82, 2.24) is 15.1 Å². The monoisotopic (exact) mass is 333 g/mol. The molecule has 5 nitrogen and oxygen atoms in total. The lowest BCUT2D eigenvalue weighted by molar-refractivity contribution is -0.144. The summed E-state index contributed by atoms with van der Waals surface area (Å²) >= 11 is 0. The average Bonchev–Trinajstić information content (AvgIpc) is 3.14. The van der Waals surface area contributed by atoms with E-state index in [2.05, 4.69) is 17.3 Å². The molecule has 2 fully saturated rings. The first-order chi connectivity index (χ1) is 11.4. The topological polar surface area (TPSA) is 56.1 Å². The summed E-state index contributed by atoms with van der Waals surface area (Å²) in [6, 6.07) is 0.267. The summed E-state index contributed by atoms with van der Waals surface area (Å²) < 4.78 is 7.81. The minimum atomic E-state index is -0.164. The van der Waals surface area contributed by atoms with Gasteiger partial charge in [-0.3, -0.25) is 9.48 Å². The summed E-state index contributed by atoms with van der Waals surface area (Å²) in [5, 5.41) is 7.79. The van der Waals surface area contributed by atoms with E-state index in [1.165, 1.54) is 25.7 Å². The highest BCUT2D eigenvalue weighted by Gasteiger charge is 2.57. The van der Waals surface area contributed by atoms with Gasteiger partial charge in [0, 0.05) is 36.4 Å². The number of carbonyl (C=O) groups is 1. The van der Waals surface area contributed by atoms with Gasteiger partial charge in [-0.25, -0.2) is 0 Å². The van der Waals surface area contributed by atoms with Gasteiger partial charge in [-0.15, -0.1) is 0 Å². The van der Waals surface area contributed by atoms with Crippen LogP contribution in [0.3, 0.4) is 0 Å². The van der Waals surface area contributed by atoms with E-state index < -0.39 is 0 Å². The standard InChI is InChI=1S/C19H31N3O2/c1-6-24-16-11-15(19(16)9-7-8-10-19)20-18(23)12(2)17-13(3)21-22(5)14(17)4/h12,15-16H,6-11H2,1-5H3,(H,20,23)/t12-,15-,16+/m0/s1. The van der Waals surface area contributed by atoms with Crippen LogP contribution in [-0.2, 0) is 16.6 Å². The van der Waals surface area contributed by atoms with Crippen LogP contribution in [0.25, 0.3) is 0 Å². The number of nitrogens with zero attached hydrogens (tertiary/aromatic N) is 2. The normalized spacial score (nSPS) is 26.4. The van der Waals surface area contributed by atoms with Gasteiger partial charge in [-0.05, 0) is 47.0 Å². The van der Waals surface area contributed by atoms with Crippen LogP contribution in [0.5, 0.6) is 0 Å². The third-order valence-electron chi connectivity index (χ3n) is 6.40. The molecule has 134 valence electrons. The number of aryl methyl sites for hydroxylation is 2. The largest absolute Gasteiger partial charge is 0.378 e. The summed E-state index contributed by atoms with van der Waals surface area (Å²) in [7, 11) is 1.93. The van der Waals surface area contributed by atoms with Crippen molar-refractivity contribution in [2.75, 3.05) is 6.61 Å². The van der Waals surface area contributed by atoms with Gasteiger partial charge in [0.05, 0.1) is 17.7 Å². The number of rotatable bonds is 5. The van der Waals surface area contributed by atoms with Gasteiger partial charge in [0.15, 0.2) is 0 Å². The zero-order valence-corrected chi connectivity index (χ0v) is 15.7. The van der Waals surface area contributed by atoms with Crippen molar-refractivity contribution in [3.05, 3.63) is 17.0 Å². The SMILES string of the molecule is CCO[C@@H]1C[C@H](NC(=O)[C@@H](C)c2c(C)nn(C)c2C)C12CCCC2. The molecule has 0 aliphatic heterocycles. The summed E-state index contributed by atoms with van der Waals surface area (Å²) in [5.74, 6) is -0.0382. The van der Waals surface area contributed by atoms with Gasteiger partial charge in [0.1, 0.15) is 0 Å². The molecule has 0 saturated heterocycles. The molecule has 1 N–H and O–H groups in total. The van der Waals surface area contributed by atoms with Crippen molar-refractivity contribution in [3.63, 3.8) is 0 Å². The maximum Gasteiger partial charge on any atom is 0.227 e. The molecule has 1 aromatic rings. The van der Waals surface area contributed by atoms with Gasteiger partial charge >= 0.3 is 0 Å². The lowest BCUT2D eigenvalue weighted by atomic mass is 9.60. The number of hydrogen-bond acceptors (Lipinski definition) is 3. The Labute approximate surface area is 145 Å². The van der Waals surface area contributed by atoms with Crippen LogP contribution in [-0.4, -0.2) is 34.4 Å². The van der Waals surface area contributed by atoms with E-state index in [9.17, 15) is 4.79 Å².